The van der Waals surface area contributed by atoms with Crippen molar-refractivity contribution < 1.29 is 65.9 Å². The lowest BCUT2D eigenvalue weighted by Crippen LogP contribution is -2.36. The van der Waals surface area contributed by atoms with Crippen LogP contribution in [0.15, 0.2) is 0 Å². The van der Waals surface area contributed by atoms with E-state index in [4.69, 9.17) is 0 Å². The van der Waals surface area contributed by atoms with Gasteiger partial charge in [-0.2, -0.15) is 17.6 Å². The first-order valence-corrected chi connectivity index (χ1v) is 11.3. The maximum atomic E-state index is 14.7. The third-order valence-electron chi connectivity index (χ3n) is 5.14. The smallest absolute Gasteiger partial charge is 0.203 e. The van der Waals surface area contributed by atoms with Crippen molar-refractivity contribution in [1.29, 1.82) is 0 Å². The van der Waals surface area contributed by atoms with Crippen LogP contribution in [0.2, 0.25) is 0 Å². The fourth-order valence-electron chi connectivity index (χ4n) is 3.43. The Labute approximate surface area is 190 Å². The Kier molecular flexibility index (Phi) is 7.03. The molecule has 3 aromatic rings. The van der Waals surface area contributed by atoms with Gasteiger partial charge in [0.1, 0.15) is 0 Å². The number of halogens is 15. The average Bonchev–Trinajstić information content (AvgIpc) is 2.84. The van der Waals surface area contributed by atoms with Crippen LogP contribution in [0.4, 0.5) is 65.9 Å². The molecule has 0 atom stereocenters. The van der Waals surface area contributed by atoms with Gasteiger partial charge >= 0.3 is 0 Å². The summed E-state index contributed by atoms with van der Waals surface area (Å²) in [5.74, 6) is -42.1. The van der Waals surface area contributed by atoms with Gasteiger partial charge in [0.2, 0.25) is 64.0 Å². The van der Waals surface area contributed by atoms with Crippen LogP contribution in [-0.4, -0.2) is 6.66 Å². The minimum absolute atomic E-state index is 0.113. The van der Waals surface area contributed by atoms with Crippen LogP contribution < -0.4 is 10.6 Å². The Morgan fingerprint density at radius 1 is 0.333 bits per heavy atom. The van der Waals surface area contributed by atoms with E-state index in [0.29, 0.717) is 0 Å². The first kappa shape index (κ1) is 27.6. The summed E-state index contributed by atoms with van der Waals surface area (Å²) in [6.45, 7) is 0.113. The monoisotopic (exact) mass is 561 g/mol. The zero-order valence-corrected chi connectivity index (χ0v) is 17.7. The van der Waals surface area contributed by atoms with E-state index in [1.807, 2.05) is 0 Å². The standard InChI is InChI=1S/C20H5F15P/c1-36(19-15(32)11(28)9(26)12(29)16(19)33,20-17(34)13(30)10(27)14(31)18(20)35)2-3-4(21)6(23)8(25)7(24)5(3)22/h2H2,1H3/q+1. The second kappa shape index (κ2) is 9.16. The Morgan fingerprint density at radius 3 is 0.778 bits per heavy atom. The van der Waals surface area contributed by atoms with Crippen LogP contribution >= 0.6 is 7.26 Å². The van der Waals surface area contributed by atoms with Gasteiger partial charge in [-0.3, -0.25) is 0 Å². The highest BCUT2D eigenvalue weighted by molar-refractivity contribution is 7.88. The summed E-state index contributed by atoms with van der Waals surface area (Å²) in [4.78, 5) is 0. The van der Waals surface area contributed by atoms with Gasteiger partial charge in [-0.15, -0.1) is 0 Å². The first-order chi connectivity index (χ1) is 16.5. The Balaban J connectivity index is 2.58. The largest absolute Gasteiger partial charge is 0.207 e. The molecule has 16 heteroatoms. The van der Waals surface area contributed by atoms with E-state index in [1.54, 1.807) is 0 Å². The molecule has 0 amide bonds. The third-order valence-corrected chi connectivity index (χ3v) is 8.84. The van der Waals surface area contributed by atoms with E-state index in [-0.39, 0.29) is 6.66 Å². The second-order valence-corrected chi connectivity index (χ2v) is 10.8. The molecule has 194 valence electrons. The van der Waals surface area contributed by atoms with Crippen molar-refractivity contribution in [1.82, 2.24) is 0 Å². The van der Waals surface area contributed by atoms with E-state index < -0.39 is 117 Å². The van der Waals surface area contributed by atoms with Crippen LogP contribution in [0.25, 0.3) is 0 Å². The fraction of sp³-hybridized carbons (Fsp3) is 0.100. The Bertz CT molecular complexity index is 1280. The molecule has 0 saturated carbocycles. The average molecular weight is 561 g/mol. The van der Waals surface area contributed by atoms with Gasteiger partial charge in [-0.25, -0.2) is 48.3 Å². The number of benzene rings is 3. The summed E-state index contributed by atoms with van der Waals surface area (Å²) in [5.41, 5.74) is -2.09. The third kappa shape index (κ3) is 3.78. The molecule has 36 heavy (non-hydrogen) atoms. The van der Waals surface area contributed by atoms with Crippen molar-refractivity contribution in [3.05, 3.63) is 92.8 Å². The van der Waals surface area contributed by atoms with Crippen LogP contribution in [0.3, 0.4) is 0 Å². The Hall–Kier alpha value is -2.96. The molecule has 0 aliphatic carbocycles. The van der Waals surface area contributed by atoms with Crippen LogP contribution in [0.5, 0.6) is 0 Å². The molecule has 0 nitrogen and oxygen atoms in total. The highest BCUT2D eigenvalue weighted by Crippen LogP contribution is 2.59. The highest BCUT2D eigenvalue weighted by atomic mass is 31.2. The lowest BCUT2D eigenvalue weighted by Gasteiger charge is -2.26. The fourth-order valence-corrected chi connectivity index (χ4v) is 7.00. The number of hydrogen-bond donors (Lipinski definition) is 0. The maximum absolute atomic E-state index is 14.7. The summed E-state index contributed by atoms with van der Waals surface area (Å²) in [5, 5.41) is -4.57. The molecule has 0 N–H and O–H groups in total. The van der Waals surface area contributed by atoms with E-state index in [0.717, 1.165) is 0 Å². The van der Waals surface area contributed by atoms with Crippen LogP contribution in [0, 0.1) is 87.3 Å². The molecule has 0 aromatic heterocycles. The molecule has 0 spiro atoms. The van der Waals surface area contributed by atoms with Crippen molar-refractivity contribution in [3.63, 3.8) is 0 Å². The van der Waals surface area contributed by atoms with Crippen molar-refractivity contribution in [3.8, 4) is 0 Å². The van der Waals surface area contributed by atoms with Gasteiger partial charge in [-0.1, -0.05) is 0 Å². The zero-order valence-electron chi connectivity index (χ0n) is 16.8. The number of hydrogen-bond acceptors (Lipinski definition) is 0. The van der Waals surface area contributed by atoms with Crippen molar-refractivity contribution in [2.75, 3.05) is 6.66 Å². The van der Waals surface area contributed by atoms with Gasteiger partial charge < -0.3 is 0 Å². The first-order valence-electron chi connectivity index (χ1n) is 8.90. The normalized spacial score (nSPS) is 12.0. The van der Waals surface area contributed by atoms with E-state index >= 15 is 0 Å². The molecule has 3 aromatic carbocycles. The quantitative estimate of drug-likeness (QED) is 0.146. The predicted octanol–water partition coefficient (Wildman–Crippen LogP) is 6.57. The van der Waals surface area contributed by atoms with Gasteiger partial charge in [0.05, 0.1) is 25.7 Å². The van der Waals surface area contributed by atoms with Crippen molar-refractivity contribution in [2.24, 2.45) is 0 Å². The zero-order chi connectivity index (χ0) is 27.6. The summed E-state index contributed by atoms with van der Waals surface area (Å²) >= 11 is 0. The molecule has 0 aliphatic rings. The summed E-state index contributed by atoms with van der Waals surface area (Å²) in [6.07, 6.45) is -2.14. The van der Waals surface area contributed by atoms with Crippen molar-refractivity contribution >= 4 is 17.9 Å². The van der Waals surface area contributed by atoms with Gasteiger partial charge in [0.25, 0.3) is 0 Å². The van der Waals surface area contributed by atoms with E-state index in [9.17, 15) is 65.9 Å². The maximum Gasteiger partial charge on any atom is 0.207 e. The topological polar surface area (TPSA) is 0 Å². The molecule has 0 unspecified atom stereocenters. The summed E-state index contributed by atoms with van der Waals surface area (Å²) < 4.78 is 211. The molecule has 0 radical (unpaired) electrons. The molecule has 0 fully saturated rings. The molecule has 0 bridgehead atoms. The SMILES string of the molecule is C[P+](Cc1c(F)c(F)c(F)c(F)c1F)(c1c(F)c(F)c(F)c(F)c1F)c1c(F)c(F)c(F)c(F)c1F. The second-order valence-electron chi connectivity index (χ2n) is 7.24. The molecule has 3 rings (SSSR count). The molecule has 0 aliphatic heterocycles. The summed E-state index contributed by atoms with van der Waals surface area (Å²) in [6, 6.07) is 0. The highest BCUT2D eigenvalue weighted by Gasteiger charge is 2.53. The van der Waals surface area contributed by atoms with Crippen LogP contribution in [0.1, 0.15) is 5.56 Å². The lowest BCUT2D eigenvalue weighted by atomic mass is 10.2. The number of rotatable bonds is 4. The van der Waals surface area contributed by atoms with Crippen LogP contribution in [-0.2, 0) is 6.16 Å². The van der Waals surface area contributed by atoms with Gasteiger partial charge in [0, 0.05) is 0 Å². The summed E-state index contributed by atoms with van der Waals surface area (Å²) in [7, 11) is -5.53. The predicted molar refractivity (Wildman–Crippen MR) is 94.5 cm³/mol. The minimum Gasteiger partial charge on any atom is -0.203 e. The van der Waals surface area contributed by atoms with Crippen molar-refractivity contribution in [2.45, 2.75) is 6.16 Å². The molecule has 0 heterocycles. The lowest BCUT2D eigenvalue weighted by molar-refractivity contribution is 0.372. The van der Waals surface area contributed by atoms with Gasteiger partial charge in [-0.05, 0) is 0 Å². The van der Waals surface area contributed by atoms with E-state index in [1.165, 1.54) is 0 Å². The van der Waals surface area contributed by atoms with Gasteiger partial charge in [0.15, 0.2) is 33.9 Å². The molecular formula is C20H5F15P+. The Morgan fingerprint density at radius 2 is 0.528 bits per heavy atom. The molecule has 0 saturated heterocycles. The van der Waals surface area contributed by atoms with E-state index in [2.05, 4.69) is 0 Å². The molecular weight excluding hydrogens is 556 g/mol. The minimum atomic E-state index is -5.53.